The number of carbonyl (C=O) groups is 2. The molecule has 7 heteroatoms. The highest BCUT2D eigenvalue weighted by molar-refractivity contribution is 5.94. The Hall–Kier alpha value is -2.90. The molecule has 2 fully saturated rings. The Kier molecular flexibility index (Phi) is 8.32. The Labute approximate surface area is 213 Å². The van der Waals surface area contributed by atoms with E-state index in [0.29, 0.717) is 30.4 Å². The van der Waals surface area contributed by atoms with Crippen LogP contribution in [-0.4, -0.2) is 40.6 Å². The fourth-order valence-electron chi connectivity index (χ4n) is 5.59. The minimum atomic E-state index is -1.70. The summed E-state index contributed by atoms with van der Waals surface area (Å²) in [5.41, 5.74) is 4.59. The number of likely N-dealkylation sites (tertiary alicyclic amines) is 1. The number of rotatable bonds is 6. The average molecular weight is 493 g/mol. The number of carbonyl (C=O) groups excluding carboxylic acids is 2. The van der Waals surface area contributed by atoms with Crippen LogP contribution in [0.2, 0.25) is 0 Å². The van der Waals surface area contributed by atoms with Crippen LogP contribution in [0.3, 0.4) is 0 Å². The van der Waals surface area contributed by atoms with E-state index in [1.807, 2.05) is 37.3 Å². The molecule has 1 heterocycles. The Morgan fingerprint density at radius 1 is 1.00 bits per heavy atom. The van der Waals surface area contributed by atoms with Crippen molar-refractivity contribution in [2.45, 2.75) is 89.5 Å². The van der Waals surface area contributed by atoms with E-state index < -0.39 is 12.3 Å². The van der Waals surface area contributed by atoms with Crippen molar-refractivity contribution in [1.82, 2.24) is 10.2 Å². The highest BCUT2D eigenvalue weighted by Gasteiger charge is 2.35. The molecular formula is C29H38N3O4-. The first-order chi connectivity index (χ1) is 17.2. The summed E-state index contributed by atoms with van der Waals surface area (Å²) in [6.07, 6.45) is 3.45. The number of aryl methyl sites for hydroxylation is 1. The number of hydrogen-bond acceptors (Lipinski definition) is 4. The van der Waals surface area contributed by atoms with Gasteiger partial charge in [0, 0.05) is 24.6 Å². The topological polar surface area (TPSA) is 105 Å². The molecule has 3 N–H and O–H groups in total. The summed E-state index contributed by atoms with van der Waals surface area (Å²) in [7, 11) is 0. The second-order valence-electron chi connectivity index (χ2n) is 10.6. The zero-order chi connectivity index (χ0) is 25.8. The third-order valence-electron chi connectivity index (χ3n) is 7.74. The van der Waals surface area contributed by atoms with Gasteiger partial charge in [0.05, 0.1) is 0 Å². The van der Waals surface area contributed by atoms with Gasteiger partial charge in [0.1, 0.15) is 6.04 Å². The van der Waals surface area contributed by atoms with E-state index in [4.69, 9.17) is 0 Å². The maximum atomic E-state index is 13.1. The summed E-state index contributed by atoms with van der Waals surface area (Å²) in [5.74, 6) is 0.747. The predicted octanol–water partition coefficient (Wildman–Crippen LogP) is 4.31. The minimum Gasteiger partial charge on any atom is -0.828 e. The van der Waals surface area contributed by atoms with Crippen molar-refractivity contribution in [3.63, 3.8) is 0 Å². The minimum absolute atomic E-state index is 0.0637. The van der Waals surface area contributed by atoms with Crippen molar-refractivity contribution in [3.05, 3.63) is 64.7 Å². The maximum absolute atomic E-state index is 13.1. The zero-order valence-electron chi connectivity index (χ0n) is 21.5. The highest BCUT2D eigenvalue weighted by Crippen LogP contribution is 2.35. The van der Waals surface area contributed by atoms with Gasteiger partial charge in [0.15, 0.2) is 0 Å². The number of amides is 3. The molecule has 2 aromatic rings. The average Bonchev–Trinajstić information content (AvgIpc) is 3.35. The van der Waals surface area contributed by atoms with Crippen LogP contribution < -0.4 is 15.7 Å². The van der Waals surface area contributed by atoms with Gasteiger partial charge in [0.25, 0.3) is 0 Å². The number of aliphatic hydroxyl groups excluding tert-OH is 1. The molecule has 1 saturated carbocycles. The number of hydrogen-bond donors (Lipinski definition) is 3. The predicted molar refractivity (Wildman–Crippen MR) is 139 cm³/mol. The van der Waals surface area contributed by atoms with Crippen LogP contribution in [0.5, 0.6) is 0 Å². The van der Waals surface area contributed by atoms with Crippen LogP contribution in [0.25, 0.3) is 0 Å². The van der Waals surface area contributed by atoms with Crippen molar-refractivity contribution in [3.8, 4) is 0 Å². The highest BCUT2D eigenvalue weighted by atomic mass is 16.5. The van der Waals surface area contributed by atoms with E-state index in [-0.39, 0.29) is 18.0 Å². The number of aliphatic hydroxyl groups is 1. The lowest BCUT2D eigenvalue weighted by Crippen LogP contribution is -2.50. The summed E-state index contributed by atoms with van der Waals surface area (Å²) >= 11 is 0. The Balaban J connectivity index is 1.29. The first-order valence-electron chi connectivity index (χ1n) is 13.1. The van der Waals surface area contributed by atoms with Gasteiger partial charge in [-0.05, 0) is 91.7 Å². The van der Waals surface area contributed by atoms with Gasteiger partial charge in [-0.15, -0.1) is 0 Å². The molecular weight excluding hydrogens is 454 g/mol. The smallest absolute Gasteiger partial charge is 0.322 e. The quantitative estimate of drug-likeness (QED) is 0.523. The van der Waals surface area contributed by atoms with Gasteiger partial charge in [-0.1, -0.05) is 44.2 Å². The summed E-state index contributed by atoms with van der Waals surface area (Å²) in [5, 5.41) is 26.7. The SMILES string of the molecule is Cc1cc(C([O-])O)ccc1C1CCC(NC(=O)[C@H]2CCCN2C(=O)Nc2ccc(C(C)C)cc2)CC1. The normalized spacial score (nSPS) is 22.9. The summed E-state index contributed by atoms with van der Waals surface area (Å²) in [4.78, 5) is 27.7. The number of benzene rings is 2. The van der Waals surface area contributed by atoms with E-state index in [1.165, 1.54) is 11.1 Å². The fourth-order valence-corrected chi connectivity index (χ4v) is 5.59. The molecule has 1 unspecified atom stereocenters. The monoisotopic (exact) mass is 492 g/mol. The summed E-state index contributed by atoms with van der Waals surface area (Å²) in [6.45, 7) is 6.82. The van der Waals surface area contributed by atoms with E-state index in [0.717, 1.165) is 43.4 Å². The molecule has 1 saturated heterocycles. The van der Waals surface area contributed by atoms with E-state index >= 15 is 0 Å². The fraction of sp³-hybridized carbons (Fsp3) is 0.517. The van der Waals surface area contributed by atoms with E-state index in [9.17, 15) is 19.8 Å². The van der Waals surface area contributed by atoms with Crippen molar-refractivity contribution in [1.29, 1.82) is 0 Å². The molecule has 2 aliphatic rings. The number of nitrogens with zero attached hydrogens (tertiary/aromatic N) is 1. The molecule has 194 valence electrons. The van der Waals surface area contributed by atoms with Crippen LogP contribution in [0.15, 0.2) is 42.5 Å². The number of anilines is 1. The number of nitrogens with one attached hydrogen (secondary N) is 2. The van der Waals surface area contributed by atoms with Crippen LogP contribution in [0, 0.1) is 6.92 Å². The Morgan fingerprint density at radius 3 is 2.28 bits per heavy atom. The molecule has 2 aromatic carbocycles. The second kappa shape index (κ2) is 11.4. The lowest BCUT2D eigenvalue weighted by atomic mass is 9.80. The number of urea groups is 1. The second-order valence-corrected chi connectivity index (χ2v) is 10.6. The van der Waals surface area contributed by atoms with Crippen molar-refractivity contribution >= 4 is 17.6 Å². The first kappa shape index (κ1) is 26.2. The third-order valence-corrected chi connectivity index (χ3v) is 7.74. The Bertz CT molecular complexity index is 1060. The summed E-state index contributed by atoms with van der Waals surface area (Å²) in [6, 6.07) is 12.8. The third kappa shape index (κ3) is 6.08. The molecule has 1 aliphatic heterocycles. The van der Waals surface area contributed by atoms with Gasteiger partial charge in [-0.25, -0.2) is 4.79 Å². The van der Waals surface area contributed by atoms with Gasteiger partial charge in [0.2, 0.25) is 5.91 Å². The zero-order valence-corrected chi connectivity index (χ0v) is 21.5. The molecule has 7 nitrogen and oxygen atoms in total. The van der Waals surface area contributed by atoms with Crippen LogP contribution in [0.1, 0.15) is 92.8 Å². The van der Waals surface area contributed by atoms with Gasteiger partial charge in [-0.2, -0.15) is 0 Å². The molecule has 3 amide bonds. The van der Waals surface area contributed by atoms with Crippen molar-refractivity contribution in [2.75, 3.05) is 11.9 Å². The molecule has 0 bridgehead atoms. The summed E-state index contributed by atoms with van der Waals surface area (Å²) < 4.78 is 0. The molecule has 0 radical (unpaired) electrons. The standard InChI is InChI=1S/C29H38N3O4/c1-18(2)20-6-11-24(12-7-20)31-29(36)32-16-4-5-26(32)27(33)30-23-13-8-21(9-14-23)25-15-10-22(28(34)35)17-19(25)3/h6-7,10-12,15,17-18,21,23,26,28,34H,4-5,8-9,13-14,16H2,1-3H3,(H,30,33)(H,31,36)/q-1/t21?,23?,26-,28?/m1/s1. The molecule has 4 rings (SSSR count). The van der Waals surface area contributed by atoms with E-state index in [2.05, 4.69) is 24.5 Å². The van der Waals surface area contributed by atoms with Crippen molar-refractivity contribution < 1.29 is 19.8 Å². The van der Waals surface area contributed by atoms with Crippen LogP contribution in [-0.2, 0) is 4.79 Å². The molecule has 1 aliphatic carbocycles. The molecule has 0 spiro atoms. The molecule has 36 heavy (non-hydrogen) atoms. The van der Waals surface area contributed by atoms with Crippen LogP contribution in [0.4, 0.5) is 10.5 Å². The van der Waals surface area contributed by atoms with Crippen molar-refractivity contribution in [2.24, 2.45) is 0 Å². The maximum Gasteiger partial charge on any atom is 0.322 e. The van der Waals surface area contributed by atoms with Gasteiger partial charge in [-0.3, -0.25) is 4.79 Å². The lowest BCUT2D eigenvalue weighted by Gasteiger charge is -2.32. The largest absolute Gasteiger partial charge is 0.828 e. The van der Waals surface area contributed by atoms with Crippen LogP contribution >= 0.6 is 0 Å². The lowest BCUT2D eigenvalue weighted by molar-refractivity contribution is -0.490. The first-order valence-corrected chi connectivity index (χ1v) is 13.1. The van der Waals surface area contributed by atoms with E-state index in [1.54, 1.807) is 17.0 Å². The van der Waals surface area contributed by atoms with Gasteiger partial charge >= 0.3 is 6.03 Å². The van der Waals surface area contributed by atoms with Gasteiger partial charge < -0.3 is 25.7 Å². The molecule has 2 atom stereocenters. The Morgan fingerprint density at radius 2 is 1.67 bits per heavy atom. The molecule has 0 aromatic heterocycles.